The van der Waals surface area contributed by atoms with Crippen LogP contribution in [0.5, 0.6) is 0 Å². The Morgan fingerprint density at radius 3 is 2.19 bits per heavy atom. The molecule has 156 valence electrons. The first kappa shape index (κ1) is 26.1. The van der Waals surface area contributed by atoms with Gasteiger partial charge in [0.1, 0.15) is 9.84 Å². The molecule has 0 aliphatic rings. The SMILES string of the molecule is CN=C(NCCOCCS(C)(=O)=O)NCCc1ccc(C(C)(C)C)cc1.I. The predicted octanol–water partition coefficient (Wildman–Crippen LogP) is 2.37. The molecule has 0 aliphatic heterocycles. The Bertz CT molecular complexity index is 668. The molecule has 0 aliphatic carbocycles. The number of ether oxygens (including phenoxy) is 1. The zero-order chi connectivity index (χ0) is 19.6. The molecule has 0 amide bonds. The van der Waals surface area contributed by atoms with Gasteiger partial charge in [-0.05, 0) is 23.0 Å². The van der Waals surface area contributed by atoms with Gasteiger partial charge in [0.15, 0.2) is 5.96 Å². The van der Waals surface area contributed by atoms with Gasteiger partial charge < -0.3 is 15.4 Å². The van der Waals surface area contributed by atoms with Crippen molar-refractivity contribution in [2.45, 2.75) is 32.6 Å². The zero-order valence-corrected chi connectivity index (χ0v) is 20.2. The first-order chi connectivity index (χ1) is 12.1. The lowest BCUT2D eigenvalue weighted by Crippen LogP contribution is -2.39. The summed E-state index contributed by atoms with van der Waals surface area (Å²) in [4.78, 5) is 4.17. The second-order valence-corrected chi connectivity index (χ2v) is 9.62. The maximum atomic E-state index is 11.0. The molecule has 0 bridgehead atoms. The standard InChI is InChI=1S/C19H33N3O3S.HI/c1-19(2,3)17-8-6-16(7-9-17)10-11-21-18(20-4)22-12-13-25-14-15-26(5,23)24;/h6-9H,10-15H2,1-5H3,(H2,20,21,22);1H. The molecular formula is C19H34IN3O3S. The van der Waals surface area contributed by atoms with E-state index in [2.05, 4.69) is 60.7 Å². The van der Waals surface area contributed by atoms with E-state index < -0.39 is 9.84 Å². The van der Waals surface area contributed by atoms with Crippen LogP contribution in [0.4, 0.5) is 0 Å². The highest BCUT2D eigenvalue weighted by Gasteiger charge is 2.12. The van der Waals surface area contributed by atoms with E-state index in [1.54, 1.807) is 7.05 Å². The number of sulfone groups is 1. The van der Waals surface area contributed by atoms with E-state index in [-0.39, 0.29) is 41.8 Å². The summed E-state index contributed by atoms with van der Waals surface area (Å²) in [7, 11) is -1.24. The van der Waals surface area contributed by atoms with Crippen molar-refractivity contribution in [2.75, 3.05) is 45.4 Å². The van der Waals surface area contributed by atoms with Gasteiger partial charge >= 0.3 is 0 Å². The molecule has 1 rings (SSSR count). The number of aliphatic imine (C=N–C) groups is 1. The van der Waals surface area contributed by atoms with Gasteiger partial charge in [-0.25, -0.2) is 8.42 Å². The highest BCUT2D eigenvalue weighted by atomic mass is 127. The number of nitrogens with one attached hydrogen (secondary N) is 2. The maximum Gasteiger partial charge on any atom is 0.191 e. The van der Waals surface area contributed by atoms with Crippen LogP contribution in [0, 0.1) is 0 Å². The highest BCUT2D eigenvalue weighted by molar-refractivity contribution is 14.0. The molecule has 8 heteroatoms. The van der Waals surface area contributed by atoms with Gasteiger partial charge in [-0.1, -0.05) is 45.0 Å². The topological polar surface area (TPSA) is 79.8 Å². The quantitative estimate of drug-likeness (QED) is 0.230. The van der Waals surface area contributed by atoms with Crippen LogP contribution < -0.4 is 10.6 Å². The van der Waals surface area contributed by atoms with Crippen LogP contribution in [-0.4, -0.2) is 59.7 Å². The Morgan fingerprint density at radius 2 is 1.67 bits per heavy atom. The summed E-state index contributed by atoms with van der Waals surface area (Å²) >= 11 is 0. The Morgan fingerprint density at radius 1 is 1.07 bits per heavy atom. The second-order valence-electron chi connectivity index (χ2n) is 7.36. The first-order valence-electron chi connectivity index (χ1n) is 8.91. The minimum atomic E-state index is -2.96. The number of nitrogens with zero attached hydrogens (tertiary/aromatic N) is 1. The summed E-state index contributed by atoms with van der Waals surface area (Å²) < 4.78 is 27.3. The number of guanidine groups is 1. The van der Waals surface area contributed by atoms with E-state index in [4.69, 9.17) is 4.74 Å². The molecule has 0 heterocycles. The minimum absolute atomic E-state index is 0. The Hall–Kier alpha value is -0.870. The Kier molecular flexibility index (Phi) is 12.2. The molecule has 1 aromatic carbocycles. The van der Waals surface area contributed by atoms with Gasteiger partial charge in [0.2, 0.25) is 0 Å². The fraction of sp³-hybridized carbons (Fsp3) is 0.632. The summed E-state index contributed by atoms with van der Waals surface area (Å²) in [6.07, 6.45) is 2.12. The van der Waals surface area contributed by atoms with E-state index >= 15 is 0 Å². The highest BCUT2D eigenvalue weighted by Crippen LogP contribution is 2.22. The van der Waals surface area contributed by atoms with Crippen LogP contribution in [0.25, 0.3) is 0 Å². The van der Waals surface area contributed by atoms with E-state index in [1.807, 2.05) is 0 Å². The molecule has 0 saturated heterocycles. The van der Waals surface area contributed by atoms with E-state index in [0.29, 0.717) is 19.1 Å². The third kappa shape index (κ3) is 12.2. The normalized spacial score (nSPS) is 12.4. The van der Waals surface area contributed by atoms with Crippen LogP contribution in [0.2, 0.25) is 0 Å². The number of hydrogen-bond donors (Lipinski definition) is 2. The van der Waals surface area contributed by atoms with Gasteiger partial charge in [-0.15, -0.1) is 24.0 Å². The van der Waals surface area contributed by atoms with Gasteiger partial charge in [0, 0.05) is 26.4 Å². The third-order valence-corrected chi connectivity index (χ3v) is 4.80. The number of benzene rings is 1. The maximum absolute atomic E-state index is 11.0. The van der Waals surface area contributed by atoms with Crippen molar-refractivity contribution < 1.29 is 13.2 Å². The van der Waals surface area contributed by atoms with Crippen molar-refractivity contribution in [1.29, 1.82) is 0 Å². The molecule has 1 aromatic rings. The van der Waals surface area contributed by atoms with E-state index in [0.717, 1.165) is 13.0 Å². The summed E-state index contributed by atoms with van der Waals surface area (Å²) in [5.74, 6) is 0.761. The van der Waals surface area contributed by atoms with Gasteiger partial charge in [0.25, 0.3) is 0 Å². The zero-order valence-electron chi connectivity index (χ0n) is 17.0. The molecule has 0 saturated carbocycles. The van der Waals surface area contributed by atoms with Gasteiger partial charge in [-0.3, -0.25) is 4.99 Å². The molecule has 0 atom stereocenters. The van der Waals surface area contributed by atoms with Crippen LogP contribution in [0.1, 0.15) is 31.9 Å². The smallest absolute Gasteiger partial charge is 0.191 e. The average molecular weight is 511 g/mol. The van der Waals surface area contributed by atoms with Crippen molar-refractivity contribution in [1.82, 2.24) is 10.6 Å². The van der Waals surface area contributed by atoms with Crippen molar-refractivity contribution in [2.24, 2.45) is 4.99 Å². The summed E-state index contributed by atoms with van der Waals surface area (Å²) in [5.41, 5.74) is 2.79. The van der Waals surface area contributed by atoms with Crippen molar-refractivity contribution in [3.63, 3.8) is 0 Å². The average Bonchev–Trinajstić information content (AvgIpc) is 2.55. The Labute approximate surface area is 181 Å². The van der Waals surface area contributed by atoms with Crippen molar-refractivity contribution in [3.8, 4) is 0 Å². The number of rotatable bonds is 9. The molecule has 0 fully saturated rings. The molecular weight excluding hydrogens is 477 g/mol. The van der Waals surface area contributed by atoms with Crippen molar-refractivity contribution >= 4 is 39.8 Å². The van der Waals surface area contributed by atoms with Crippen LogP contribution in [0.3, 0.4) is 0 Å². The summed E-state index contributed by atoms with van der Waals surface area (Å²) in [5, 5.41) is 6.41. The number of halogens is 1. The monoisotopic (exact) mass is 511 g/mol. The molecule has 6 nitrogen and oxygen atoms in total. The fourth-order valence-corrected chi connectivity index (χ4v) is 2.69. The molecule has 0 radical (unpaired) electrons. The minimum Gasteiger partial charge on any atom is -0.379 e. The lowest BCUT2D eigenvalue weighted by molar-refractivity contribution is 0.154. The molecule has 0 spiro atoms. The molecule has 0 aromatic heterocycles. The van der Waals surface area contributed by atoms with Crippen LogP contribution in [-0.2, 0) is 26.4 Å². The summed E-state index contributed by atoms with van der Waals surface area (Å²) in [6, 6.07) is 8.73. The molecule has 2 N–H and O–H groups in total. The molecule has 27 heavy (non-hydrogen) atoms. The predicted molar refractivity (Wildman–Crippen MR) is 124 cm³/mol. The van der Waals surface area contributed by atoms with E-state index in [9.17, 15) is 8.42 Å². The molecule has 0 unspecified atom stereocenters. The first-order valence-corrected chi connectivity index (χ1v) is 11.0. The lowest BCUT2D eigenvalue weighted by Gasteiger charge is -2.19. The second kappa shape index (κ2) is 12.6. The Balaban J connectivity index is 0.00000676. The van der Waals surface area contributed by atoms with Crippen LogP contribution >= 0.6 is 24.0 Å². The van der Waals surface area contributed by atoms with Gasteiger partial charge in [0.05, 0.1) is 19.0 Å². The van der Waals surface area contributed by atoms with Crippen molar-refractivity contribution in [3.05, 3.63) is 35.4 Å². The largest absolute Gasteiger partial charge is 0.379 e. The number of hydrogen-bond acceptors (Lipinski definition) is 4. The fourth-order valence-electron chi connectivity index (χ4n) is 2.27. The van der Waals surface area contributed by atoms with Crippen LogP contribution in [0.15, 0.2) is 29.3 Å². The summed E-state index contributed by atoms with van der Waals surface area (Å²) in [6.45, 7) is 8.65. The lowest BCUT2D eigenvalue weighted by atomic mass is 9.86. The third-order valence-electron chi connectivity index (χ3n) is 3.89. The van der Waals surface area contributed by atoms with E-state index in [1.165, 1.54) is 17.4 Å². The van der Waals surface area contributed by atoms with Gasteiger partial charge in [-0.2, -0.15) is 0 Å².